The van der Waals surface area contributed by atoms with E-state index in [9.17, 15) is 9.59 Å². The molecule has 0 spiro atoms. The minimum atomic E-state index is -0.270. The summed E-state index contributed by atoms with van der Waals surface area (Å²) in [6, 6.07) is 0. The maximum atomic E-state index is 12.6. The summed E-state index contributed by atoms with van der Waals surface area (Å²) in [6.07, 6.45) is 19.7. The Bertz CT molecular complexity index is 937. The monoisotopic (exact) mass is 602 g/mol. The van der Waals surface area contributed by atoms with E-state index in [1.54, 1.807) is 5.57 Å². The molecule has 0 aromatic rings. The zero-order chi connectivity index (χ0) is 30.3. The molecule has 0 unspecified atom stereocenters. The summed E-state index contributed by atoms with van der Waals surface area (Å²) in [5.74, 6) is 5.73. The van der Waals surface area contributed by atoms with Gasteiger partial charge in [-0.3, -0.25) is 4.79 Å². The summed E-state index contributed by atoms with van der Waals surface area (Å²) in [6.45, 7) is 13.8. The minimum absolute atomic E-state index is 0.000626. The number of carbonyl (C=O) groups is 2. The summed E-state index contributed by atoms with van der Waals surface area (Å²) < 4.78 is 5.92. The zero-order valence-electron chi connectivity index (χ0n) is 27.5. The van der Waals surface area contributed by atoms with Crippen molar-refractivity contribution in [1.82, 2.24) is 10.6 Å². The number of ether oxygens (including phenoxy) is 1. The third-order valence-electron chi connectivity index (χ3n) is 12.3. The van der Waals surface area contributed by atoms with Gasteiger partial charge in [0.05, 0.1) is 0 Å². The molecule has 42 heavy (non-hydrogen) atoms. The third kappa shape index (κ3) is 7.91. The second-order valence-electron chi connectivity index (χ2n) is 15.4. The van der Waals surface area contributed by atoms with Gasteiger partial charge in [0.25, 0.3) is 0 Å². The summed E-state index contributed by atoms with van der Waals surface area (Å²) in [4.78, 5) is 24.0. The van der Waals surface area contributed by atoms with Crippen molar-refractivity contribution in [1.29, 1.82) is 0 Å². The lowest BCUT2D eigenvalue weighted by atomic mass is 9.47. The standard InChI is InChI=1S/C36H62N2O3S/c1-25(2)10-9-11-26(3)30-14-15-31-29-13-12-27-24-28(16-19-35(27,4)32(29)17-20-36(30,31)5)41-34(40)38-22-8-6-7-21-37-33(39)18-23-42/h12,25-26,28-32,42H,6-11,13-24H2,1-5H3,(H,37,39)(H,38,40)/t26-,28+,29+,30-,31+,32+,35+,36-/m1/s1. The number of fused-ring (bicyclic) bond motifs is 5. The lowest BCUT2D eigenvalue weighted by molar-refractivity contribution is -0.120. The van der Waals surface area contributed by atoms with Gasteiger partial charge in [-0.2, -0.15) is 12.6 Å². The maximum absolute atomic E-state index is 12.6. The number of hydrogen-bond acceptors (Lipinski definition) is 4. The lowest BCUT2D eigenvalue weighted by Crippen LogP contribution is -2.51. The second kappa shape index (κ2) is 15.2. The molecule has 4 rings (SSSR count). The Morgan fingerprint density at radius 3 is 2.45 bits per heavy atom. The fourth-order valence-corrected chi connectivity index (χ4v) is 10.2. The first-order valence-electron chi connectivity index (χ1n) is 17.6. The average Bonchev–Trinajstić information content (AvgIpc) is 3.30. The van der Waals surface area contributed by atoms with Crippen molar-refractivity contribution in [2.45, 2.75) is 137 Å². The molecule has 5 nitrogen and oxygen atoms in total. The van der Waals surface area contributed by atoms with E-state index >= 15 is 0 Å². The van der Waals surface area contributed by atoms with Gasteiger partial charge >= 0.3 is 6.09 Å². The first kappa shape index (κ1) is 33.7. The molecule has 4 aliphatic rings. The van der Waals surface area contributed by atoms with E-state index in [1.807, 2.05) is 0 Å². The van der Waals surface area contributed by atoms with Crippen LogP contribution in [0.1, 0.15) is 131 Å². The van der Waals surface area contributed by atoms with E-state index < -0.39 is 0 Å². The number of rotatable bonds is 14. The van der Waals surface area contributed by atoms with Gasteiger partial charge in [0.2, 0.25) is 5.91 Å². The van der Waals surface area contributed by atoms with Gasteiger partial charge in [-0.15, -0.1) is 0 Å². The number of carbonyl (C=O) groups excluding carboxylic acids is 2. The van der Waals surface area contributed by atoms with Crippen molar-refractivity contribution in [2.24, 2.45) is 46.3 Å². The van der Waals surface area contributed by atoms with Crippen LogP contribution in [0.15, 0.2) is 11.6 Å². The van der Waals surface area contributed by atoms with Crippen molar-refractivity contribution < 1.29 is 14.3 Å². The van der Waals surface area contributed by atoms with Crippen molar-refractivity contribution in [3.63, 3.8) is 0 Å². The Morgan fingerprint density at radius 2 is 1.71 bits per heavy atom. The van der Waals surface area contributed by atoms with Crippen molar-refractivity contribution in [3.8, 4) is 0 Å². The normalized spacial score (nSPS) is 34.5. The van der Waals surface area contributed by atoms with Gasteiger partial charge in [-0.05, 0) is 116 Å². The number of thiol groups is 1. The van der Waals surface area contributed by atoms with Crippen LogP contribution in [0.3, 0.4) is 0 Å². The number of hydrogen-bond donors (Lipinski definition) is 3. The Morgan fingerprint density at radius 1 is 0.952 bits per heavy atom. The molecule has 0 aromatic carbocycles. The molecule has 8 atom stereocenters. The predicted molar refractivity (Wildman–Crippen MR) is 177 cm³/mol. The quantitative estimate of drug-likeness (QED) is 0.106. The fraction of sp³-hybridized carbons (Fsp3) is 0.889. The smallest absolute Gasteiger partial charge is 0.407 e. The van der Waals surface area contributed by atoms with Gasteiger partial charge in [0.15, 0.2) is 0 Å². The van der Waals surface area contributed by atoms with Crippen molar-refractivity contribution >= 4 is 24.6 Å². The molecular weight excluding hydrogens is 540 g/mol. The Hall–Kier alpha value is -1.17. The van der Waals surface area contributed by atoms with Gasteiger partial charge in [0.1, 0.15) is 6.10 Å². The van der Waals surface area contributed by atoms with Crippen LogP contribution < -0.4 is 10.6 Å². The molecular formula is C36H62N2O3S. The lowest BCUT2D eigenvalue weighted by Gasteiger charge is -2.58. The summed E-state index contributed by atoms with van der Waals surface area (Å²) in [5.41, 5.74) is 2.38. The number of amides is 2. The van der Waals surface area contributed by atoms with E-state index in [-0.39, 0.29) is 23.5 Å². The number of alkyl carbamates (subject to hydrolysis) is 1. The Labute approximate surface area is 262 Å². The molecule has 0 aromatic heterocycles. The molecule has 0 aliphatic heterocycles. The van der Waals surface area contributed by atoms with E-state index in [4.69, 9.17) is 4.74 Å². The molecule has 2 N–H and O–H groups in total. The third-order valence-corrected chi connectivity index (χ3v) is 12.5. The largest absolute Gasteiger partial charge is 0.446 e. The zero-order valence-corrected chi connectivity index (χ0v) is 28.4. The van der Waals surface area contributed by atoms with Crippen LogP contribution in [-0.4, -0.2) is 36.9 Å². The maximum Gasteiger partial charge on any atom is 0.407 e. The van der Waals surface area contributed by atoms with E-state index in [1.165, 1.54) is 51.4 Å². The number of nitrogens with one attached hydrogen (secondary N) is 2. The second-order valence-corrected chi connectivity index (χ2v) is 15.8. The van der Waals surface area contributed by atoms with Gasteiger partial charge < -0.3 is 15.4 Å². The van der Waals surface area contributed by atoms with Crippen LogP contribution in [0, 0.1) is 46.3 Å². The molecule has 2 amide bonds. The fourth-order valence-electron chi connectivity index (χ4n) is 9.98. The Kier molecular flexibility index (Phi) is 12.2. The molecule has 0 radical (unpaired) electrons. The van der Waals surface area contributed by atoms with Crippen LogP contribution in [-0.2, 0) is 9.53 Å². The van der Waals surface area contributed by atoms with Gasteiger partial charge in [-0.1, -0.05) is 65.5 Å². The summed E-state index contributed by atoms with van der Waals surface area (Å²) >= 11 is 4.08. The van der Waals surface area contributed by atoms with Crippen LogP contribution in [0.4, 0.5) is 4.79 Å². The highest BCUT2D eigenvalue weighted by Gasteiger charge is 2.59. The summed E-state index contributed by atoms with van der Waals surface area (Å²) in [5, 5.41) is 5.86. The van der Waals surface area contributed by atoms with Gasteiger partial charge in [0, 0.05) is 25.9 Å². The summed E-state index contributed by atoms with van der Waals surface area (Å²) in [7, 11) is 0. The van der Waals surface area contributed by atoms with Crippen molar-refractivity contribution in [3.05, 3.63) is 11.6 Å². The first-order valence-corrected chi connectivity index (χ1v) is 18.2. The van der Waals surface area contributed by atoms with E-state index in [0.717, 1.165) is 74.0 Å². The highest BCUT2D eigenvalue weighted by molar-refractivity contribution is 7.80. The molecule has 3 saturated carbocycles. The average molecular weight is 603 g/mol. The van der Waals surface area contributed by atoms with Crippen LogP contribution in [0.25, 0.3) is 0 Å². The highest BCUT2D eigenvalue weighted by atomic mass is 32.1. The minimum Gasteiger partial charge on any atom is -0.446 e. The molecule has 3 fully saturated rings. The van der Waals surface area contributed by atoms with E-state index in [2.05, 4.69) is 64.0 Å². The molecule has 4 aliphatic carbocycles. The molecule has 0 heterocycles. The molecule has 0 saturated heterocycles. The Balaban J connectivity index is 1.23. The first-order chi connectivity index (χ1) is 20.1. The topological polar surface area (TPSA) is 67.4 Å². The van der Waals surface area contributed by atoms with Crippen molar-refractivity contribution in [2.75, 3.05) is 18.8 Å². The van der Waals surface area contributed by atoms with Gasteiger partial charge in [-0.25, -0.2) is 4.79 Å². The van der Waals surface area contributed by atoms with Crippen LogP contribution in [0.5, 0.6) is 0 Å². The number of allylic oxidation sites excluding steroid dienone is 1. The van der Waals surface area contributed by atoms with Crippen LogP contribution in [0.2, 0.25) is 0 Å². The van der Waals surface area contributed by atoms with Crippen LogP contribution >= 0.6 is 12.6 Å². The number of unbranched alkanes of at least 4 members (excludes halogenated alkanes) is 2. The predicted octanol–water partition coefficient (Wildman–Crippen LogP) is 8.73. The molecule has 0 bridgehead atoms. The molecule has 6 heteroatoms. The SMILES string of the molecule is CC(C)CCC[C@@H](C)[C@H]1CC[C@H]2[C@@H]3CC=C4C[C@@H](OC(=O)NCCCCCNC(=O)CCS)CC[C@]4(C)[C@H]3CC[C@]12C. The highest BCUT2D eigenvalue weighted by Crippen LogP contribution is 2.67. The molecule has 240 valence electrons. The van der Waals surface area contributed by atoms with E-state index in [0.29, 0.717) is 30.7 Å².